The van der Waals surface area contributed by atoms with Crippen LogP contribution in [-0.2, 0) is 26.2 Å². The summed E-state index contributed by atoms with van der Waals surface area (Å²) >= 11 is 0. The molecule has 0 bridgehead atoms. The molecule has 31 heavy (non-hydrogen) atoms. The minimum absolute atomic E-state index is 0.0257. The van der Waals surface area contributed by atoms with Crippen molar-refractivity contribution in [2.45, 2.75) is 50.0 Å². The minimum atomic E-state index is -4.07. The first-order valence-corrected chi connectivity index (χ1v) is 11.1. The van der Waals surface area contributed by atoms with Crippen molar-refractivity contribution < 1.29 is 32.3 Å². The summed E-state index contributed by atoms with van der Waals surface area (Å²) in [7, 11) is -4.07. The van der Waals surface area contributed by atoms with Crippen LogP contribution in [0.4, 0.5) is 4.39 Å². The third-order valence-corrected chi connectivity index (χ3v) is 6.77. The van der Waals surface area contributed by atoms with Crippen LogP contribution in [0.25, 0.3) is 0 Å². The number of amides is 1. The van der Waals surface area contributed by atoms with Crippen molar-refractivity contribution in [1.29, 1.82) is 0 Å². The Morgan fingerprint density at radius 2 is 1.84 bits per heavy atom. The van der Waals surface area contributed by atoms with Gasteiger partial charge in [0.2, 0.25) is 10.0 Å². The number of ether oxygens (including phenoxy) is 2. The molecule has 168 valence electrons. The quantitative estimate of drug-likeness (QED) is 0.515. The summed E-state index contributed by atoms with van der Waals surface area (Å²) in [5, 5.41) is 9.08. The van der Waals surface area contributed by atoms with E-state index in [0.717, 1.165) is 9.87 Å². The minimum Gasteiger partial charge on any atom is -0.489 e. The van der Waals surface area contributed by atoms with Gasteiger partial charge in [0.25, 0.3) is 5.91 Å². The van der Waals surface area contributed by atoms with Gasteiger partial charge < -0.3 is 9.47 Å². The van der Waals surface area contributed by atoms with Crippen LogP contribution >= 0.6 is 0 Å². The van der Waals surface area contributed by atoms with Crippen molar-refractivity contribution >= 4 is 15.9 Å². The van der Waals surface area contributed by atoms with E-state index in [1.807, 2.05) is 0 Å². The van der Waals surface area contributed by atoms with Crippen LogP contribution < -0.4 is 10.2 Å². The van der Waals surface area contributed by atoms with Gasteiger partial charge in [0.15, 0.2) is 0 Å². The highest BCUT2D eigenvalue weighted by Crippen LogP contribution is 2.31. The number of carbonyl (C=O) groups is 1. The maximum atomic E-state index is 13.3. The lowest BCUT2D eigenvalue weighted by molar-refractivity contribution is -0.161. The number of hydrogen-bond acceptors (Lipinski definition) is 6. The molecule has 0 aliphatic carbocycles. The topological polar surface area (TPSA) is 105 Å². The molecule has 2 aromatic rings. The van der Waals surface area contributed by atoms with E-state index in [0.29, 0.717) is 5.75 Å². The van der Waals surface area contributed by atoms with Crippen molar-refractivity contribution in [3.8, 4) is 5.75 Å². The van der Waals surface area contributed by atoms with Crippen LogP contribution in [0, 0.1) is 5.82 Å². The molecule has 1 fully saturated rings. The Kier molecular flexibility index (Phi) is 6.65. The van der Waals surface area contributed by atoms with E-state index < -0.39 is 33.7 Å². The second kappa shape index (κ2) is 8.91. The van der Waals surface area contributed by atoms with Crippen LogP contribution in [0.5, 0.6) is 5.75 Å². The zero-order valence-corrected chi connectivity index (χ0v) is 18.2. The molecule has 3 rings (SSSR count). The monoisotopic (exact) mass is 452 g/mol. The number of carbonyl (C=O) groups excluding carboxylic acids is 1. The van der Waals surface area contributed by atoms with Gasteiger partial charge >= 0.3 is 0 Å². The van der Waals surface area contributed by atoms with Gasteiger partial charge in [0, 0.05) is 6.54 Å². The fourth-order valence-electron chi connectivity index (χ4n) is 3.55. The molecule has 1 amide bonds. The molecule has 2 unspecified atom stereocenters. The average molecular weight is 453 g/mol. The van der Waals surface area contributed by atoms with Gasteiger partial charge in [-0.3, -0.25) is 10.0 Å². The lowest BCUT2D eigenvalue weighted by atomic mass is 10.0. The van der Waals surface area contributed by atoms with E-state index >= 15 is 0 Å². The van der Waals surface area contributed by atoms with Crippen molar-refractivity contribution in [2.75, 3.05) is 6.54 Å². The fraction of sp³-hybridized carbons (Fsp3) is 0.381. The molecule has 1 heterocycles. The second-order valence-corrected chi connectivity index (χ2v) is 9.83. The number of hydrogen-bond donors (Lipinski definition) is 2. The molecule has 2 atom stereocenters. The summed E-state index contributed by atoms with van der Waals surface area (Å²) < 4.78 is 52.0. The Hall–Kier alpha value is -2.53. The number of nitrogens with zero attached hydrogens (tertiary/aromatic N) is 1. The Morgan fingerprint density at radius 3 is 2.42 bits per heavy atom. The maximum absolute atomic E-state index is 13.3. The first kappa shape index (κ1) is 23.1. The number of rotatable bonds is 6. The maximum Gasteiger partial charge on any atom is 0.264 e. The Bertz CT molecular complexity index is 1020. The highest BCUT2D eigenvalue weighted by molar-refractivity contribution is 7.89. The van der Waals surface area contributed by atoms with Crippen LogP contribution in [0.1, 0.15) is 26.3 Å². The summed E-state index contributed by atoms with van der Waals surface area (Å²) in [4.78, 5) is 12.2. The molecule has 10 heteroatoms. The summed E-state index contributed by atoms with van der Waals surface area (Å²) in [6.07, 6.45) is -0.774. The Labute approximate surface area is 180 Å². The van der Waals surface area contributed by atoms with Gasteiger partial charge in [-0.25, -0.2) is 18.3 Å². The fourth-order valence-corrected chi connectivity index (χ4v) is 5.35. The van der Waals surface area contributed by atoms with Gasteiger partial charge in [-0.15, -0.1) is 0 Å². The van der Waals surface area contributed by atoms with Crippen LogP contribution in [0.3, 0.4) is 0 Å². The lowest BCUT2D eigenvalue weighted by Crippen LogP contribution is -2.63. The highest BCUT2D eigenvalue weighted by Gasteiger charge is 2.48. The third-order valence-electron chi connectivity index (χ3n) is 4.92. The third kappa shape index (κ3) is 5.21. The summed E-state index contributed by atoms with van der Waals surface area (Å²) in [5.74, 6) is -0.776. The lowest BCUT2D eigenvalue weighted by Gasteiger charge is -2.45. The normalized spacial score (nSPS) is 21.5. The Balaban J connectivity index is 1.80. The molecular weight excluding hydrogens is 427 g/mol. The second-order valence-electron chi connectivity index (χ2n) is 7.94. The molecular formula is C21H25FN2O6S. The first-order chi connectivity index (χ1) is 14.5. The van der Waals surface area contributed by atoms with E-state index in [4.69, 9.17) is 14.7 Å². The molecule has 0 saturated carbocycles. The van der Waals surface area contributed by atoms with Gasteiger partial charge in [-0.05, 0) is 62.7 Å². The van der Waals surface area contributed by atoms with E-state index in [-0.39, 0.29) is 23.9 Å². The molecule has 0 spiro atoms. The standard InChI is InChI=1S/C21H25FN2O6S/c1-14-19(20(25)23-26)24(13-21(2,3)30-14)31(27,28)18-10-8-17(9-11-18)29-12-15-4-6-16(22)7-5-15/h4-11,14,19,26H,12-13H2,1-3H3,(H,23,25). The zero-order chi connectivity index (χ0) is 22.8. The van der Waals surface area contributed by atoms with Gasteiger partial charge in [-0.1, -0.05) is 12.1 Å². The van der Waals surface area contributed by atoms with E-state index in [1.54, 1.807) is 32.9 Å². The van der Waals surface area contributed by atoms with Crippen LogP contribution in [0.2, 0.25) is 0 Å². The summed E-state index contributed by atoms with van der Waals surface area (Å²) in [6, 6.07) is 10.4. The number of halogens is 1. The van der Waals surface area contributed by atoms with Gasteiger partial charge in [0.05, 0.1) is 16.6 Å². The predicted octanol–water partition coefficient (Wildman–Crippen LogP) is 2.47. The van der Waals surface area contributed by atoms with E-state index in [1.165, 1.54) is 41.9 Å². The highest BCUT2D eigenvalue weighted by atomic mass is 32.2. The molecule has 8 nitrogen and oxygen atoms in total. The number of sulfonamides is 1. The zero-order valence-electron chi connectivity index (χ0n) is 17.4. The van der Waals surface area contributed by atoms with Gasteiger partial charge in [-0.2, -0.15) is 4.31 Å². The average Bonchev–Trinajstić information content (AvgIpc) is 2.72. The van der Waals surface area contributed by atoms with Crippen molar-refractivity contribution in [3.05, 3.63) is 59.9 Å². The first-order valence-electron chi connectivity index (χ1n) is 9.64. The molecule has 1 saturated heterocycles. The summed E-state index contributed by atoms with van der Waals surface area (Å²) in [5.41, 5.74) is 1.46. The van der Waals surface area contributed by atoms with E-state index in [9.17, 15) is 17.6 Å². The molecule has 2 aromatic carbocycles. The van der Waals surface area contributed by atoms with Crippen molar-refractivity contribution in [1.82, 2.24) is 9.79 Å². The molecule has 1 aliphatic heterocycles. The largest absolute Gasteiger partial charge is 0.489 e. The summed E-state index contributed by atoms with van der Waals surface area (Å²) in [6.45, 7) is 5.16. The van der Waals surface area contributed by atoms with E-state index in [2.05, 4.69) is 0 Å². The number of benzene rings is 2. The molecule has 0 aromatic heterocycles. The predicted molar refractivity (Wildman–Crippen MR) is 109 cm³/mol. The van der Waals surface area contributed by atoms with Crippen molar-refractivity contribution in [2.24, 2.45) is 0 Å². The number of hydroxylamine groups is 1. The number of nitrogens with one attached hydrogen (secondary N) is 1. The van der Waals surface area contributed by atoms with Crippen LogP contribution in [-0.4, -0.2) is 48.1 Å². The molecule has 2 N–H and O–H groups in total. The Morgan fingerprint density at radius 1 is 1.23 bits per heavy atom. The van der Waals surface area contributed by atoms with Crippen LogP contribution in [0.15, 0.2) is 53.4 Å². The molecule has 0 radical (unpaired) electrons. The van der Waals surface area contributed by atoms with Crippen molar-refractivity contribution in [3.63, 3.8) is 0 Å². The SMILES string of the molecule is CC1OC(C)(C)CN(S(=O)(=O)c2ccc(OCc3ccc(F)cc3)cc2)C1C(=O)NO. The smallest absolute Gasteiger partial charge is 0.264 e. The van der Waals surface area contributed by atoms with Gasteiger partial charge in [0.1, 0.15) is 24.2 Å². The number of morpholine rings is 1. The molecule has 1 aliphatic rings.